The summed E-state index contributed by atoms with van der Waals surface area (Å²) >= 11 is 0. The molecule has 0 atom stereocenters. The molecule has 0 unspecified atom stereocenters. The highest BCUT2D eigenvalue weighted by Gasteiger charge is 2.33. The number of rotatable bonds is 2. The number of fused-ring (bicyclic) bond motifs is 1. The monoisotopic (exact) mass is 249 g/mol. The number of hydrogen-bond donors (Lipinski definition) is 0. The van der Waals surface area contributed by atoms with E-state index < -0.39 is 28.8 Å². The highest BCUT2D eigenvalue weighted by molar-refractivity contribution is 5.55. The highest BCUT2D eigenvalue weighted by atomic mass is 19.4. The SMILES string of the molecule is O=[N+]([O-])c1cc2c(cc1CC(F)(F)F)OCO2. The molecule has 0 saturated carbocycles. The molecule has 0 bridgehead atoms. The molecule has 17 heavy (non-hydrogen) atoms. The van der Waals surface area contributed by atoms with Crippen LogP contribution in [0.15, 0.2) is 12.1 Å². The van der Waals surface area contributed by atoms with Gasteiger partial charge in [0.15, 0.2) is 11.5 Å². The molecule has 0 saturated heterocycles. The zero-order valence-corrected chi connectivity index (χ0v) is 8.28. The molecule has 1 aromatic carbocycles. The lowest BCUT2D eigenvalue weighted by Gasteiger charge is -2.07. The second kappa shape index (κ2) is 3.79. The van der Waals surface area contributed by atoms with Crippen molar-refractivity contribution in [1.82, 2.24) is 0 Å². The molecule has 92 valence electrons. The number of halogens is 3. The van der Waals surface area contributed by atoms with Crippen LogP contribution in [0.2, 0.25) is 0 Å². The molecule has 0 radical (unpaired) electrons. The Labute approximate surface area is 92.9 Å². The fourth-order valence-corrected chi connectivity index (χ4v) is 1.50. The normalized spacial score (nSPS) is 13.8. The topological polar surface area (TPSA) is 61.6 Å². The smallest absolute Gasteiger partial charge is 0.393 e. The van der Waals surface area contributed by atoms with Crippen molar-refractivity contribution in [1.29, 1.82) is 0 Å². The van der Waals surface area contributed by atoms with E-state index in [-0.39, 0.29) is 18.3 Å². The van der Waals surface area contributed by atoms with Gasteiger partial charge >= 0.3 is 6.18 Å². The molecule has 5 nitrogen and oxygen atoms in total. The number of hydrogen-bond acceptors (Lipinski definition) is 4. The summed E-state index contributed by atoms with van der Waals surface area (Å²) in [6.45, 7) is -0.151. The predicted octanol–water partition coefficient (Wildman–Crippen LogP) is 2.43. The van der Waals surface area contributed by atoms with Gasteiger partial charge in [-0.15, -0.1) is 0 Å². The summed E-state index contributed by atoms with van der Waals surface area (Å²) in [5.41, 5.74) is -1.06. The van der Waals surface area contributed by atoms with E-state index in [2.05, 4.69) is 0 Å². The van der Waals surface area contributed by atoms with E-state index in [1.165, 1.54) is 0 Å². The van der Waals surface area contributed by atoms with Crippen molar-refractivity contribution in [3.8, 4) is 11.5 Å². The molecule has 1 aliphatic heterocycles. The first-order valence-corrected chi connectivity index (χ1v) is 4.50. The first-order chi connectivity index (χ1) is 7.87. The van der Waals surface area contributed by atoms with Crippen molar-refractivity contribution in [3.63, 3.8) is 0 Å². The van der Waals surface area contributed by atoms with Gasteiger partial charge in [0, 0.05) is 5.56 Å². The van der Waals surface area contributed by atoms with Gasteiger partial charge in [-0.2, -0.15) is 13.2 Å². The summed E-state index contributed by atoms with van der Waals surface area (Å²) in [5, 5.41) is 10.6. The van der Waals surface area contributed by atoms with Crippen LogP contribution in [-0.4, -0.2) is 17.9 Å². The summed E-state index contributed by atoms with van der Waals surface area (Å²) in [6.07, 6.45) is -5.89. The van der Waals surface area contributed by atoms with Crippen molar-refractivity contribution in [2.24, 2.45) is 0 Å². The Morgan fingerprint density at radius 1 is 1.29 bits per heavy atom. The first kappa shape index (κ1) is 11.5. The van der Waals surface area contributed by atoms with Gasteiger partial charge in [0.2, 0.25) is 6.79 Å². The van der Waals surface area contributed by atoms with E-state index in [0.717, 1.165) is 12.1 Å². The van der Waals surface area contributed by atoms with Crippen LogP contribution in [0.4, 0.5) is 18.9 Å². The summed E-state index contributed by atoms with van der Waals surface area (Å²) in [7, 11) is 0. The van der Waals surface area contributed by atoms with E-state index >= 15 is 0 Å². The predicted molar refractivity (Wildman–Crippen MR) is 49.0 cm³/mol. The van der Waals surface area contributed by atoms with Crippen LogP contribution in [0, 0.1) is 10.1 Å². The van der Waals surface area contributed by atoms with Gasteiger partial charge in [-0.3, -0.25) is 10.1 Å². The van der Waals surface area contributed by atoms with Gasteiger partial charge in [-0.25, -0.2) is 0 Å². The third kappa shape index (κ3) is 2.40. The van der Waals surface area contributed by atoms with Gasteiger partial charge in [0.05, 0.1) is 17.4 Å². The maximum absolute atomic E-state index is 12.2. The summed E-state index contributed by atoms with van der Waals surface area (Å²) < 4.78 is 46.5. The molecule has 1 heterocycles. The number of ether oxygens (including phenoxy) is 2. The van der Waals surface area contributed by atoms with Crippen molar-refractivity contribution in [2.45, 2.75) is 12.6 Å². The largest absolute Gasteiger partial charge is 0.454 e. The number of nitro groups is 1. The van der Waals surface area contributed by atoms with Crippen molar-refractivity contribution < 1.29 is 27.6 Å². The molecule has 0 aliphatic carbocycles. The standard InChI is InChI=1S/C9H6F3NO4/c10-9(11,12)3-5-1-7-8(17-4-16-7)2-6(5)13(14)15/h1-2H,3-4H2. The third-order valence-corrected chi connectivity index (χ3v) is 2.16. The van der Waals surface area contributed by atoms with E-state index in [4.69, 9.17) is 9.47 Å². The molecule has 1 aromatic rings. The Morgan fingerprint density at radius 3 is 2.41 bits per heavy atom. The summed E-state index contributed by atoms with van der Waals surface area (Å²) in [4.78, 5) is 9.78. The fourth-order valence-electron chi connectivity index (χ4n) is 1.50. The van der Waals surface area contributed by atoms with Crippen LogP contribution >= 0.6 is 0 Å². The van der Waals surface area contributed by atoms with Gasteiger partial charge in [-0.1, -0.05) is 0 Å². The van der Waals surface area contributed by atoms with Crippen LogP contribution in [-0.2, 0) is 6.42 Å². The zero-order chi connectivity index (χ0) is 12.6. The number of nitro benzene ring substituents is 1. The number of benzene rings is 1. The molecule has 0 fully saturated rings. The lowest BCUT2D eigenvalue weighted by Crippen LogP contribution is -2.13. The van der Waals surface area contributed by atoms with Crippen molar-refractivity contribution >= 4 is 5.69 Å². The van der Waals surface area contributed by atoms with Crippen molar-refractivity contribution in [2.75, 3.05) is 6.79 Å². The van der Waals surface area contributed by atoms with Gasteiger partial charge in [0.25, 0.3) is 5.69 Å². The second-order valence-electron chi connectivity index (χ2n) is 3.38. The molecule has 0 spiro atoms. The Morgan fingerprint density at radius 2 is 1.88 bits per heavy atom. The Hall–Kier alpha value is -1.99. The molecule has 8 heteroatoms. The molecular formula is C9H6F3NO4. The van der Waals surface area contributed by atoms with Crippen LogP contribution in [0.1, 0.15) is 5.56 Å². The number of nitrogens with zero attached hydrogens (tertiary/aromatic N) is 1. The minimum absolute atomic E-state index is 0.0858. The molecule has 0 N–H and O–H groups in total. The van der Waals surface area contributed by atoms with Crippen LogP contribution < -0.4 is 9.47 Å². The molecule has 1 aliphatic rings. The van der Waals surface area contributed by atoms with Gasteiger partial charge < -0.3 is 9.47 Å². The molecule has 0 aromatic heterocycles. The number of alkyl halides is 3. The second-order valence-corrected chi connectivity index (χ2v) is 3.38. The van der Waals surface area contributed by atoms with Crippen LogP contribution in [0.3, 0.4) is 0 Å². The van der Waals surface area contributed by atoms with Gasteiger partial charge in [-0.05, 0) is 6.07 Å². The highest BCUT2D eigenvalue weighted by Crippen LogP contribution is 2.39. The van der Waals surface area contributed by atoms with E-state index in [9.17, 15) is 23.3 Å². The zero-order valence-electron chi connectivity index (χ0n) is 8.28. The summed E-state index contributed by atoms with van der Waals surface area (Å²) in [6, 6.07) is 1.94. The van der Waals surface area contributed by atoms with Crippen LogP contribution in [0.5, 0.6) is 11.5 Å². The lowest BCUT2D eigenvalue weighted by molar-refractivity contribution is -0.386. The quantitative estimate of drug-likeness (QED) is 0.596. The maximum atomic E-state index is 12.2. The van der Waals surface area contributed by atoms with E-state index in [1.807, 2.05) is 0 Å². The fraction of sp³-hybridized carbons (Fsp3) is 0.333. The average molecular weight is 249 g/mol. The lowest BCUT2D eigenvalue weighted by atomic mass is 10.1. The Kier molecular flexibility index (Phi) is 2.56. The van der Waals surface area contributed by atoms with E-state index in [1.54, 1.807) is 0 Å². The first-order valence-electron chi connectivity index (χ1n) is 4.50. The molecular weight excluding hydrogens is 243 g/mol. The Balaban J connectivity index is 2.45. The van der Waals surface area contributed by atoms with Crippen LogP contribution in [0.25, 0.3) is 0 Å². The van der Waals surface area contributed by atoms with Crippen molar-refractivity contribution in [3.05, 3.63) is 27.8 Å². The molecule has 2 rings (SSSR count). The third-order valence-electron chi connectivity index (χ3n) is 2.16. The average Bonchev–Trinajstić information content (AvgIpc) is 2.60. The maximum Gasteiger partial charge on any atom is 0.393 e. The minimum atomic E-state index is -4.52. The molecule has 0 amide bonds. The Bertz CT molecular complexity index is 472. The summed E-state index contributed by atoms with van der Waals surface area (Å²) in [5.74, 6) is 0.178. The minimum Gasteiger partial charge on any atom is -0.454 e. The van der Waals surface area contributed by atoms with E-state index in [0.29, 0.717) is 0 Å². The van der Waals surface area contributed by atoms with Gasteiger partial charge in [0.1, 0.15) is 0 Å².